The molecule has 1 atom stereocenters. The number of aromatic nitrogens is 3. The molecule has 3 heterocycles. The summed E-state index contributed by atoms with van der Waals surface area (Å²) in [4.78, 5) is 45.5. The zero-order chi connectivity index (χ0) is 24.0. The number of benzene rings is 2. The average molecular weight is 474 g/mol. The molecular weight excluding hydrogens is 450 g/mol. The van der Waals surface area contributed by atoms with Crippen molar-refractivity contribution in [1.29, 1.82) is 0 Å². The number of rotatable bonds is 6. The Bertz CT molecular complexity index is 1390. The van der Waals surface area contributed by atoms with Crippen LogP contribution in [0.3, 0.4) is 0 Å². The molecule has 0 spiro atoms. The summed E-state index contributed by atoms with van der Waals surface area (Å²) >= 11 is 1.42. The van der Waals surface area contributed by atoms with Gasteiger partial charge in [-0.1, -0.05) is 55.8 Å². The first kappa shape index (κ1) is 22.0. The highest BCUT2D eigenvalue weighted by Crippen LogP contribution is 2.29. The third-order valence-corrected chi connectivity index (χ3v) is 6.61. The molecule has 1 aliphatic heterocycles. The summed E-state index contributed by atoms with van der Waals surface area (Å²) in [5.74, 6) is -1.19. The van der Waals surface area contributed by atoms with Gasteiger partial charge in [-0.05, 0) is 31.4 Å². The molecule has 5 rings (SSSR count). The van der Waals surface area contributed by atoms with Crippen molar-refractivity contribution in [1.82, 2.24) is 19.5 Å². The predicted octanol–water partition coefficient (Wildman–Crippen LogP) is 4.42. The van der Waals surface area contributed by atoms with E-state index in [1.807, 2.05) is 50.4 Å². The van der Waals surface area contributed by atoms with Crippen LogP contribution in [0.2, 0.25) is 0 Å². The molecule has 2 aromatic heterocycles. The minimum atomic E-state index is -0.967. The van der Waals surface area contributed by atoms with E-state index in [0.717, 1.165) is 21.7 Å². The van der Waals surface area contributed by atoms with Crippen molar-refractivity contribution in [3.63, 3.8) is 0 Å². The molecule has 0 saturated carbocycles. The van der Waals surface area contributed by atoms with Gasteiger partial charge in [0.2, 0.25) is 10.9 Å². The lowest BCUT2D eigenvalue weighted by Crippen LogP contribution is -2.48. The molecule has 9 heteroatoms. The summed E-state index contributed by atoms with van der Waals surface area (Å²) in [7, 11) is 0. The van der Waals surface area contributed by atoms with Gasteiger partial charge in [0.05, 0.1) is 16.8 Å². The molecule has 1 aliphatic rings. The van der Waals surface area contributed by atoms with Gasteiger partial charge in [0.15, 0.2) is 0 Å². The van der Waals surface area contributed by atoms with Crippen LogP contribution >= 0.6 is 11.3 Å². The molecule has 3 amide bonds. The standard InChI is InChI=1S/C25H23N5O3S/c1-14(2)12-19(29-22(32)17-6-4-5-7-18(17)23(29)33)21(31)26-24-27-25-30(28-24)20(13-34-25)16-10-8-15(3)9-11-16/h4-11,13-14,19H,12H2,1-3H3,(H,26,28,31). The number of anilines is 1. The zero-order valence-corrected chi connectivity index (χ0v) is 19.8. The van der Waals surface area contributed by atoms with Gasteiger partial charge < -0.3 is 0 Å². The van der Waals surface area contributed by atoms with E-state index in [9.17, 15) is 14.4 Å². The largest absolute Gasteiger partial charge is 0.291 e. The summed E-state index contributed by atoms with van der Waals surface area (Å²) in [6.07, 6.45) is 0.328. The maximum Gasteiger partial charge on any atom is 0.262 e. The molecule has 0 aliphatic carbocycles. The number of carbonyl (C=O) groups is 3. The topological polar surface area (TPSA) is 96.7 Å². The van der Waals surface area contributed by atoms with E-state index in [1.54, 1.807) is 28.8 Å². The van der Waals surface area contributed by atoms with Crippen LogP contribution in [0.5, 0.6) is 0 Å². The minimum absolute atomic E-state index is 0.0756. The lowest BCUT2D eigenvalue weighted by Gasteiger charge is -2.26. The second kappa shape index (κ2) is 8.49. The van der Waals surface area contributed by atoms with E-state index in [0.29, 0.717) is 22.5 Å². The van der Waals surface area contributed by atoms with Crippen molar-refractivity contribution < 1.29 is 14.4 Å². The maximum absolute atomic E-state index is 13.3. The Hall–Kier alpha value is -3.85. The summed E-state index contributed by atoms with van der Waals surface area (Å²) in [5, 5.41) is 9.17. The third-order valence-electron chi connectivity index (χ3n) is 5.80. The summed E-state index contributed by atoms with van der Waals surface area (Å²) in [6, 6.07) is 13.7. The van der Waals surface area contributed by atoms with Gasteiger partial charge in [0.1, 0.15) is 6.04 Å². The highest BCUT2D eigenvalue weighted by molar-refractivity contribution is 7.15. The lowest BCUT2D eigenvalue weighted by atomic mass is 10.0. The van der Waals surface area contributed by atoms with Gasteiger partial charge in [0, 0.05) is 10.9 Å². The molecule has 2 aromatic carbocycles. The van der Waals surface area contributed by atoms with Gasteiger partial charge in [-0.3, -0.25) is 24.6 Å². The number of aryl methyl sites for hydroxylation is 1. The van der Waals surface area contributed by atoms with E-state index < -0.39 is 23.8 Å². The Kier molecular flexibility index (Phi) is 5.49. The first-order valence-electron chi connectivity index (χ1n) is 11.0. The number of nitrogens with zero attached hydrogens (tertiary/aromatic N) is 4. The number of fused-ring (bicyclic) bond motifs is 2. The molecule has 1 N–H and O–H groups in total. The molecule has 34 heavy (non-hydrogen) atoms. The Labute approximate surface area is 200 Å². The van der Waals surface area contributed by atoms with Crippen LogP contribution in [0.25, 0.3) is 16.2 Å². The molecule has 172 valence electrons. The van der Waals surface area contributed by atoms with Crippen LogP contribution in [0.1, 0.15) is 46.5 Å². The van der Waals surface area contributed by atoms with Gasteiger partial charge in [-0.25, -0.2) is 4.52 Å². The van der Waals surface area contributed by atoms with Crippen LogP contribution in [0.4, 0.5) is 5.95 Å². The number of nitrogens with one attached hydrogen (secondary N) is 1. The van der Waals surface area contributed by atoms with Crippen molar-refractivity contribution in [3.8, 4) is 11.3 Å². The van der Waals surface area contributed by atoms with E-state index in [2.05, 4.69) is 15.4 Å². The van der Waals surface area contributed by atoms with Crippen molar-refractivity contribution in [2.24, 2.45) is 5.92 Å². The van der Waals surface area contributed by atoms with E-state index in [1.165, 1.54) is 11.3 Å². The maximum atomic E-state index is 13.3. The Morgan fingerprint density at radius 1 is 1.03 bits per heavy atom. The summed E-state index contributed by atoms with van der Waals surface area (Å²) < 4.78 is 1.68. The quantitative estimate of drug-likeness (QED) is 0.418. The molecule has 0 fully saturated rings. The number of hydrogen-bond acceptors (Lipinski definition) is 6. The highest BCUT2D eigenvalue weighted by atomic mass is 32.1. The molecule has 0 bridgehead atoms. The molecular formula is C25H23N5O3S. The first-order valence-corrected chi connectivity index (χ1v) is 11.9. The second-order valence-electron chi connectivity index (χ2n) is 8.78. The Balaban J connectivity index is 1.43. The number of thiazole rings is 1. The van der Waals surface area contributed by atoms with Crippen LogP contribution in [-0.4, -0.2) is 43.3 Å². The average Bonchev–Trinajstić information content (AvgIpc) is 3.45. The van der Waals surface area contributed by atoms with Gasteiger partial charge >= 0.3 is 0 Å². The van der Waals surface area contributed by atoms with E-state index in [4.69, 9.17) is 0 Å². The number of amides is 3. The third kappa shape index (κ3) is 3.77. The van der Waals surface area contributed by atoms with E-state index in [-0.39, 0.29) is 11.9 Å². The summed E-state index contributed by atoms with van der Waals surface area (Å²) in [6.45, 7) is 5.91. The fraction of sp³-hybridized carbons (Fsp3) is 0.240. The molecule has 0 radical (unpaired) electrons. The normalized spacial score (nSPS) is 14.2. The molecule has 4 aromatic rings. The molecule has 0 saturated heterocycles. The first-order chi connectivity index (χ1) is 16.3. The Morgan fingerprint density at radius 3 is 2.29 bits per heavy atom. The lowest BCUT2D eigenvalue weighted by molar-refractivity contribution is -0.120. The minimum Gasteiger partial charge on any atom is -0.291 e. The molecule has 1 unspecified atom stereocenters. The van der Waals surface area contributed by atoms with Gasteiger partial charge in [0.25, 0.3) is 17.8 Å². The van der Waals surface area contributed by atoms with Crippen LogP contribution in [0.15, 0.2) is 53.9 Å². The van der Waals surface area contributed by atoms with Crippen molar-refractivity contribution >= 4 is 40.0 Å². The number of imide groups is 1. The Morgan fingerprint density at radius 2 is 1.68 bits per heavy atom. The number of carbonyl (C=O) groups excluding carboxylic acids is 3. The molecule has 8 nitrogen and oxygen atoms in total. The van der Waals surface area contributed by atoms with Crippen molar-refractivity contribution in [3.05, 3.63) is 70.6 Å². The second-order valence-corrected chi connectivity index (χ2v) is 9.61. The van der Waals surface area contributed by atoms with Crippen molar-refractivity contribution in [2.75, 3.05) is 5.32 Å². The zero-order valence-electron chi connectivity index (χ0n) is 19.0. The van der Waals surface area contributed by atoms with Crippen LogP contribution < -0.4 is 5.32 Å². The van der Waals surface area contributed by atoms with E-state index >= 15 is 0 Å². The van der Waals surface area contributed by atoms with Gasteiger partial charge in [-0.15, -0.1) is 16.4 Å². The number of hydrogen-bond donors (Lipinski definition) is 1. The van der Waals surface area contributed by atoms with Gasteiger partial charge in [-0.2, -0.15) is 4.98 Å². The fourth-order valence-corrected chi connectivity index (χ4v) is 4.95. The monoisotopic (exact) mass is 473 g/mol. The van der Waals surface area contributed by atoms with Crippen molar-refractivity contribution in [2.45, 2.75) is 33.2 Å². The van der Waals surface area contributed by atoms with Crippen LogP contribution in [-0.2, 0) is 4.79 Å². The predicted molar refractivity (Wildman–Crippen MR) is 130 cm³/mol. The summed E-state index contributed by atoms with van der Waals surface area (Å²) in [5.41, 5.74) is 3.65. The fourth-order valence-electron chi connectivity index (χ4n) is 4.12. The highest BCUT2D eigenvalue weighted by Gasteiger charge is 2.43. The van der Waals surface area contributed by atoms with Crippen LogP contribution in [0, 0.1) is 12.8 Å². The SMILES string of the molecule is Cc1ccc(-c2csc3nc(NC(=O)C(CC(C)C)N4C(=O)c5ccccc5C4=O)nn23)cc1. The smallest absolute Gasteiger partial charge is 0.262 e.